The van der Waals surface area contributed by atoms with E-state index in [1.165, 1.54) is 0 Å². The lowest BCUT2D eigenvalue weighted by Gasteiger charge is -2.17. The average Bonchev–Trinajstić information content (AvgIpc) is 2.77. The summed E-state index contributed by atoms with van der Waals surface area (Å²) in [6.07, 6.45) is 0. The average molecular weight is 275 g/mol. The van der Waals surface area contributed by atoms with Crippen LogP contribution in [-0.4, -0.2) is 17.9 Å². The smallest absolute Gasteiger partial charge is 0.287 e. The van der Waals surface area contributed by atoms with Crippen molar-refractivity contribution in [1.29, 1.82) is 0 Å². The third kappa shape index (κ3) is 2.74. The number of carbonyl (C=O) groups excluding carboxylic acids is 2. The number of primary amides is 1. The fourth-order valence-corrected chi connectivity index (χ4v) is 1.95. The van der Waals surface area contributed by atoms with Gasteiger partial charge in [-0.25, -0.2) is 0 Å². The summed E-state index contributed by atoms with van der Waals surface area (Å²) in [5, 5.41) is 3.30. The van der Waals surface area contributed by atoms with E-state index in [0.717, 1.165) is 5.39 Å². The Kier molecular flexibility index (Phi) is 3.65. The van der Waals surface area contributed by atoms with Crippen molar-refractivity contribution in [2.24, 2.45) is 11.7 Å². The summed E-state index contributed by atoms with van der Waals surface area (Å²) >= 11 is 0. The highest BCUT2D eigenvalue weighted by Crippen LogP contribution is 2.21. The van der Waals surface area contributed by atoms with Crippen molar-refractivity contribution in [3.8, 4) is 0 Å². The molecule has 0 radical (unpaired) electrons. The molecule has 1 unspecified atom stereocenters. The number of carbonyl (C=O) groups is 2. The number of anilines is 1. The predicted octanol–water partition coefficient (Wildman–Crippen LogP) is 1.25. The molecule has 1 atom stereocenters. The summed E-state index contributed by atoms with van der Waals surface area (Å²) in [5.41, 5.74) is 12.1. The normalized spacial score (nSPS) is 12.6. The highest BCUT2D eigenvalue weighted by molar-refractivity contribution is 5.98. The number of fused-ring (bicyclic) bond motifs is 1. The molecule has 0 saturated carbocycles. The summed E-state index contributed by atoms with van der Waals surface area (Å²) in [4.78, 5) is 23.4. The van der Waals surface area contributed by atoms with E-state index in [-0.39, 0.29) is 11.7 Å². The van der Waals surface area contributed by atoms with Crippen molar-refractivity contribution in [2.75, 3.05) is 5.73 Å². The van der Waals surface area contributed by atoms with E-state index in [1.807, 2.05) is 0 Å². The van der Waals surface area contributed by atoms with Crippen LogP contribution in [-0.2, 0) is 4.79 Å². The Balaban J connectivity index is 2.25. The van der Waals surface area contributed by atoms with Gasteiger partial charge in [-0.1, -0.05) is 13.8 Å². The first-order valence-corrected chi connectivity index (χ1v) is 6.27. The molecule has 1 aromatic heterocycles. The summed E-state index contributed by atoms with van der Waals surface area (Å²) in [7, 11) is 0. The van der Waals surface area contributed by atoms with Crippen LogP contribution in [0.25, 0.3) is 11.0 Å². The van der Waals surface area contributed by atoms with Gasteiger partial charge in [-0.05, 0) is 30.2 Å². The van der Waals surface area contributed by atoms with Gasteiger partial charge in [-0.2, -0.15) is 0 Å². The molecule has 20 heavy (non-hydrogen) atoms. The van der Waals surface area contributed by atoms with Crippen LogP contribution >= 0.6 is 0 Å². The van der Waals surface area contributed by atoms with Gasteiger partial charge in [0, 0.05) is 11.1 Å². The minimum atomic E-state index is -0.735. The summed E-state index contributed by atoms with van der Waals surface area (Å²) in [6, 6.07) is 5.94. The number of rotatable bonds is 4. The highest BCUT2D eigenvalue weighted by atomic mass is 16.3. The Bertz CT molecular complexity index is 661. The SMILES string of the molecule is CC(C)C(NC(=O)c1cc2cc(N)ccc2o1)C(N)=O. The number of benzene rings is 1. The zero-order valence-electron chi connectivity index (χ0n) is 11.3. The van der Waals surface area contributed by atoms with Crippen molar-refractivity contribution in [2.45, 2.75) is 19.9 Å². The molecule has 106 valence electrons. The van der Waals surface area contributed by atoms with E-state index in [9.17, 15) is 9.59 Å². The second-order valence-electron chi connectivity index (χ2n) is 5.01. The van der Waals surface area contributed by atoms with Gasteiger partial charge in [0.05, 0.1) is 0 Å². The lowest BCUT2D eigenvalue weighted by atomic mass is 10.0. The maximum Gasteiger partial charge on any atom is 0.287 e. The van der Waals surface area contributed by atoms with Gasteiger partial charge in [0.15, 0.2) is 5.76 Å². The van der Waals surface area contributed by atoms with E-state index in [1.54, 1.807) is 38.1 Å². The number of amides is 2. The Hall–Kier alpha value is -2.50. The first-order chi connectivity index (χ1) is 9.38. The van der Waals surface area contributed by atoms with Crippen LogP contribution in [0.2, 0.25) is 0 Å². The van der Waals surface area contributed by atoms with Crippen LogP contribution in [0.5, 0.6) is 0 Å². The molecule has 0 aliphatic carbocycles. The number of nitrogens with one attached hydrogen (secondary N) is 1. The van der Waals surface area contributed by atoms with Crippen LogP contribution in [0.4, 0.5) is 5.69 Å². The molecule has 2 aromatic rings. The predicted molar refractivity (Wildman–Crippen MR) is 75.9 cm³/mol. The molecular weight excluding hydrogens is 258 g/mol. The minimum Gasteiger partial charge on any atom is -0.451 e. The molecule has 5 N–H and O–H groups in total. The molecule has 0 fully saturated rings. The number of hydrogen-bond donors (Lipinski definition) is 3. The minimum absolute atomic E-state index is 0.100. The molecule has 1 aromatic carbocycles. The van der Waals surface area contributed by atoms with Gasteiger partial charge in [0.1, 0.15) is 11.6 Å². The third-order valence-corrected chi connectivity index (χ3v) is 3.02. The van der Waals surface area contributed by atoms with Gasteiger partial charge in [-0.15, -0.1) is 0 Å². The fraction of sp³-hybridized carbons (Fsp3) is 0.286. The van der Waals surface area contributed by atoms with Crippen LogP contribution in [0.15, 0.2) is 28.7 Å². The molecule has 2 amide bonds. The van der Waals surface area contributed by atoms with E-state index >= 15 is 0 Å². The van der Waals surface area contributed by atoms with E-state index in [0.29, 0.717) is 11.3 Å². The maximum absolute atomic E-state index is 12.1. The zero-order valence-corrected chi connectivity index (χ0v) is 11.3. The number of nitrogen functional groups attached to an aromatic ring is 1. The molecule has 6 nitrogen and oxygen atoms in total. The largest absolute Gasteiger partial charge is 0.451 e. The monoisotopic (exact) mass is 275 g/mol. The zero-order chi connectivity index (χ0) is 14.9. The van der Waals surface area contributed by atoms with Gasteiger partial charge in [0.25, 0.3) is 5.91 Å². The molecule has 0 spiro atoms. The fourth-order valence-electron chi connectivity index (χ4n) is 1.95. The summed E-state index contributed by atoms with van der Waals surface area (Å²) in [5.74, 6) is -1.03. The molecule has 1 heterocycles. The van der Waals surface area contributed by atoms with Crippen molar-refractivity contribution in [3.63, 3.8) is 0 Å². The van der Waals surface area contributed by atoms with Crippen LogP contribution in [0.1, 0.15) is 24.4 Å². The van der Waals surface area contributed by atoms with Crippen LogP contribution < -0.4 is 16.8 Å². The topological polar surface area (TPSA) is 111 Å². The maximum atomic E-state index is 12.1. The molecule has 6 heteroatoms. The quantitative estimate of drug-likeness (QED) is 0.729. The molecule has 0 saturated heterocycles. The lowest BCUT2D eigenvalue weighted by molar-refractivity contribution is -0.120. The Morgan fingerprint density at radius 2 is 1.95 bits per heavy atom. The van der Waals surface area contributed by atoms with E-state index < -0.39 is 17.9 Å². The van der Waals surface area contributed by atoms with Crippen molar-refractivity contribution in [3.05, 3.63) is 30.0 Å². The number of furan rings is 1. The lowest BCUT2D eigenvalue weighted by Crippen LogP contribution is -2.47. The van der Waals surface area contributed by atoms with E-state index in [2.05, 4.69) is 5.32 Å². The standard InChI is InChI=1S/C14H17N3O3/c1-7(2)12(13(16)18)17-14(19)11-6-8-5-9(15)3-4-10(8)20-11/h3-7,12H,15H2,1-2H3,(H2,16,18)(H,17,19). The Morgan fingerprint density at radius 3 is 2.55 bits per heavy atom. The Labute approximate surface area is 116 Å². The van der Waals surface area contributed by atoms with Gasteiger partial charge < -0.3 is 21.2 Å². The second kappa shape index (κ2) is 5.24. The summed E-state index contributed by atoms with van der Waals surface area (Å²) in [6.45, 7) is 3.60. The number of nitrogens with two attached hydrogens (primary N) is 2. The molecular formula is C14H17N3O3. The number of hydrogen-bond acceptors (Lipinski definition) is 4. The van der Waals surface area contributed by atoms with Gasteiger partial charge in [-0.3, -0.25) is 9.59 Å². The van der Waals surface area contributed by atoms with Crippen LogP contribution in [0.3, 0.4) is 0 Å². The molecule has 2 rings (SSSR count). The molecule has 0 aliphatic rings. The Morgan fingerprint density at radius 1 is 1.25 bits per heavy atom. The first-order valence-electron chi connectivity index (χ1n) is 6.27. The summed E-state index contributed by atoms with van der Waals surface area (Å²) < 4.78 is 5.43. The van der Waals surface area contributed by atoms with Crippen molar-refractivity contribution < 1.29 is 14.0 Å². The van der Waals surface area contributed by atoms with E-state index in [4.69, 9.17) is 15.9 Å². The highest BCUT2D eigenvalue weighted by Gasteiger charge is 2.23. The van der Waals surface area contributed by atoms with Gasteiger partial charge in [0.2, 0.25) is 5.91 Å². The van der Waals surface area contributed by atoms with Crippen molar-refractivity contribution in [1.82, 2.24) is 5.32 Å². The van der Waals surface area contributed by atoms with Crippen LogP contribution in [0, 0.1) is 5.92 Å². The van der Waals surface area contributed by atoms with Gasteiger partial charge >= 0.3 is 0 Å². The van der Waals surface area contributed by atoms with Crippen molar-refractivity contribution >= 4 is 28.5 Å². The first kappa shape index (κ1) is 13.9. The molecule has 0 bridgehead atoms. The molecule has 0 aliphatic heterocycles. The second-order valence-corrected chi connectivity index (χ2v) is 5.01. The third-order valence-electron chi connectivity index (χ3n) is 3.02.